The van der Waals surface area contributed by atoms with Gasteiger partial charge in [0.15, 0.2) is 0 Å². The van der Waals surface area contributed by atoms with E-state index in [2.05, 4.69) is 17.2 Å². The Morgan fingerprint density at radius 1 is 1.35 bits per heavy atom. The van der Waals surface area contributed by atoms with Gasteiger partial charge < -0.3 is 10.2 Å². The van der Waals surface area contributed by atoms with E-state index in [1.54, 1.807) is 29.4 Å². The summed E-state index contributed by atoms with van der Waals surface area (Å²) in [5.74, 6) is 0.695. The number of carbonyl (C=O) groups is 1. The summed E-state index contributed by atoms with van der Waals surface area (Å²) in [5.41, 5.74) is 0.477. The summed E-state index contributed by atoms with van der Waals surface area (Å²) in [4.78, 5) is 19.6. The molecule has 0 atom stereocenters. The molecule has 0 saturated carbocycles. The van der Waals surface area contributed by atoms with Crippen molar-refractivity contribution in [3.63, 3.8) is 0 Å². The molecule has 0 aliphatic rings. The van der Waals surface area contributed by atoms with Crippen LogP contribution in [0.5, 0.6) is 0 Å². The number of rotatable bonds is 6. The van der Waals surface area contributed by atoms with E-state index in [0.29, 0.717) is 12.2 Å². The molecule has 2 aromatic heterocycles. The Kier molecular flexibility index (Phi) is 5.12. The van der Waals surface area contributed by atoms with E-state index >= 15 is 0 Å². The minimum atomic E-state index is -0.0569. The predicted molar refractivity (Wildman–Crippen MR) is 83.1 cm³/mol. The van der Waals surface area contributed by atoms with Crippen LogP contribution in [0.3, 0.4) is 0 Å². The lowest BCUT2D eigenvalue weighted by atomic mass is 10.3. The van der Waals surface area contributed by atoms with Crippen molar-refractivity contribution in [1.82, 2.24) is 9.88 Å². The molecule has 0 unspecified atom stereocenters. The Morgan fingerprint density at radius 3 is 2.90 bits per heavy atom. The standard InChI is InChI=1S/C15H19N3OS/c1-3-9-16-14-8-4-7-13(17-14)15(19)18(2)11-12-6-5-10-20-12/h4-8,10H,3,9,11H2,1-2H3,(H,16,17). The number of pyridine rings is 1. The lowest BCUT2D eigenvalue weighted by molar-refractivity contribution is 0.0781. The fraction of sp³-hybridized carbons (Fsp3) is 0.333. The first-order valence-electron chi connectivity index (χ1n) is 6.69. The Labute approximate surface area is 123 Å². The number of thiophene rings is 1. The molecule has 0 spiro atoms. The number of hydrogen-bond acceptors (Lipinski definition) is 4. The minimum Gasteiger partial charge on any atom is -0.370 e. The van der Waals surface area contributed by atoms with Crippen LogP contribution in [0.25, 0.3) is 0 Å². The average molecular weight is 289 g/mol. The third-order valence-corrected chi connectivity index (χ3v) is 3.71. The smallest absolute Gasteiger partial charge is 0.272 e. The first-order valence-corrected chi connectivity index (χ1v) is 7.57. The van der Waals surface area contributed by atoms with Gasteiger partial charge in [-0.15, -0.1) is 11.3 Å². The van der Waals surface area contributed by atoms with Crippen LogP contribution in [0.15, 0.2) is 35.7 Å². The highest BCUT2D eigenvalue weighted by atomic mass is 32.1. The molecule has 2 rings (SSSR count). The van der Waals surface area contributed by atoms with E-state index in [1.165, 1.54) is 4.88 Å². The number of amides is 1. The third kappa shape index (κ3) is 3.81. The van der Waals surface area contributed by atoms with Gasteiger partial charge in [-0.3, -0.25) is 4.79 Å². The van der Waals surface area contributed by atoms with Crippen LogP contribution in [0.1, 0.15) is 28.7 Å². The molecule has 4 nitrogen and oxygen atoms in total. The van der Waals surface area contributed by atoms with Crippen LogP contribution in [-0.4, -0.2) is 29.4 Å². The summed E-state index contributed by atoms with van der Waals surface area (Å²) >= 11 is 1.65. The van der Waals surface area contributed by atoms with Crippen LogP contribution < -0.4 is 5.32 Å². The molecule has 0 aliphatic heterocycles. The Morgan fingerprint density at radius 2 is 2.20 bits per heavy atom. The largest absolute Gasteiger partial charge is 0.370 e. The first kappa shape index (κ1) is 14.5. The van der Waals surface area contributed by atoms with Gasteiger partial charge in [-0.25, -0.2) is 4.98 Å². The van der Waals surface area contributed by atoms with Gasteiger partial charge in [0, 0.05) is 18.5 Å². The maximum atomic E-state index is 12.3. The lowest BCUT2D eigenvalue weighted by Crippen LogP contribution is -2.26. The van der Waals surface area contributed by atoms with E-state index < -0.39 is 0 Å². The molecular weight excluding hydrogens is 270 g/mol. The molecule has 106 valence electrons. The van der Waals surface area contributed by atoms with Gasteiger partial charge in [0.05, 0.1) is 6.54 Å². The molecule has 0 aliphatic carbocycles. The number of nitrogens with zero attached hydrogens (tertiary/aromatic N) is 2. The number of nitrogens with one attached hydrogen (secondary N) is 1. The van der Waals surface area contributed by atoms with Crippen molar-refractivity contribution in [2.24, 2.45) is 0 Å². The first-order chi connectivity index (χ1) is 9.70. The van der Waals surface area contributed by atoms with Gasteiger partial charge in [0.1, 0.15) is 11.5 Å². The Balaban J connectivity index is 2.04. The Hall–Kier alpha value is -1.88. The zero-order valence-electron chi connectivity index (χ0n) is 11.8. The molecule has 20 heavy (non-hydrogen) atoms. The summed E-state index contributed by atoms with van der Waals surface area (Å²) in [5, 5.41) is 5.21. The topological polar surface area (TPSA) is 45.2 Å². The number of anilines is 1. The van der Waals surface area contributed by atoms with Crippen molar-refractivity contribution in [2.45, 2.75) is 19.9 Å². The van der Waals surface area contributed by atoms with E-state index in [0.717, 1.165) is 18.8 Å². The zero-order chi connectivity index (χ0) is 14.4. The molecule has 0 fully saturated rings. The second kappa shape index (κ2) is 7.05. The molecule has 1 amide bonds. The molecule has 0 saturated heterocycles. The summed E-state index contributed by atoms with van der Waals surface area (Å²) in [7, 11) is 1.80. The number of carbonyl (C=O) groups excluding carboxylic acids is 1. The van der Waals surface area contributed by atoms with Gasteiger partial charge in [-0.1, -0.05) is 19.1 Å². The van der Waals surface area contributed by atoms with Gasteiger partial charge in [-0.2, -0.15) is 0 Å². The average Bonchev–Trinajstić information content (AvgIpc) is 2.97. The van der Waals surface area contributed by atoms with Gasteiger partial charge in [0.2, 0.25) is 0 Å². The van der Waals surface area contributed by atoms with Gasteiger partial charge in [0.25, 0.3) is 5.91 Å². The second-order valence-corrected chi connectivity index (χ2v) is 5.61. The van der Waals surface area contributed by atoms with Crippen molar-refractivity contribution >= 4 is 23.1 Å². The van der Waals surface area contributed by atoms with E-state index in [4.69, 9.17) is 0 Å². The second-order valence-electron chi connectivity index (χ2n) is 4.58. The summed E-state index contributed by atoms with van der Waals surface area (Å²) < 4.78 is 0. The van der Waals surface area contributed by atoms with Crippen molar-refractivity contribution in [2.75, 3.05) is 18.9 Å². The molecule has 0 aromatic carbocycles. The minimum absolute atomic E-state index is 0.0569. The van der Waals surface area contributed by atoms with Crippen molar-refractivity contribution in [3.05, 3.63) is 46.3 Å². The van der Waals surface area contributed by atoms with E-state index in [-0.39, 0.29) is 5.91 Å². The van der Waals surface area contributed by atoms with Crippen LogP contribution in [-0.2, 0) is 6.54 Å². The van der Waals surface area contributed by atoms with Gasteiger partial charge >= 0.3 is 0 Å². The highest BCUT2D eigenvalue weighted by Gasteiger charge is 2.14. The number of aromatic nitrogens is 1. The zero-order valence-corrected chi connectivity index (χ0v) is 12.6. The predicted octanol–water partition coefficient (Wildman–Crippen LogP) is 3.24. The number of hydrogen-bond donors (Lipinski definition) is 1. The van der Waals surface area contributed by atoms with Crippen LogP contribution in [0.2, 0.25) is 0 Å². The highest BCUT2D eigenvalue weighted by molar-refractivity contribution is 7.09. The van der Waals surface area contributed by atoms with Crippen molar-refractivity contribution in [3.8, 4) is 0 Å². The molecule has 0 radical (unpaired) electrons. The maximum absolute atomic E-state index is 12.3. The molecule has 5 heteroatoms. The molecule has 1 N–H and O–H groups in total. The maximum Gasteiger partial charge on any atom is 0.272 e. The molecule has 2 heterocycles. The van der Waals surface area contributed by atoms with Crippen LogP contribution in [0, 0.1) is 0 Å². The van der Waals surface area contributed by atoms with Gasteiger partial charge in [-0.05, 0) is 30.0 Å². The van der Waals surface area contributed by atoms with E-state index in [9.17, 15) is 4.79 Å². The monoisotopic (exact) mass is 289 g/mol. The summed E-state index contributed by atoms with van der Waals surface area (Å²) in [6.45, 7) is 3.57. The SMILES string of the molecule is CCCNc1cccc(C(=O)N(C)Cc2cccs2)n1. The summed E-state index contributed by atoms with van der Waals surface area (Å²) in [6, 6.07) is 9.51. The van der Waals surface area contributed by atoms with Crippen LogP contribution in [0.4, 0.5) is 5.82 Å². The fourth-order valence-corrected chi connectivity index (χ4v) is 2.57. The molecule has 0 bridgehead atoms. The van der Waals surface area contributed by atoms with Crippen molar-refractivity contribution in [1.29, 1.82) is 0 Å². The Bertz CT molecular complexity index is 554. The van der Waals surface area contributed by atoms with E-state index in [1.807, 2.05) is 29.6 Å². The molecule has 2 aromatic rings. The lowest BCUT2D eigenvalue weighted by Gasteiger charge is -2.16. The third-order valence-electron chi connectivity index (χ3n) is 2.84. The summed E-state index contributed by atoms with van der Waals surface area (Å²) in [6.07, 6.45) is 1.03. The quantitative estimate of drug-likeness (QED) is 0.888. The molecular formula is C15H19N3OS. The van der Waals surface area contributed by atoms with Crippen molar-refractivity contribution < 1.29 is 4.79 Å². The highest BCUT2D eigenvalue weighted by Crippen LogP contribution is 2.13. The van der Waals surface area contributed by atoms with Crippen LogP contribution >= 0.6 is 11.3 Å². The fourth-order valence-electron chi connectivity index (χ4n) is 1.81. The normalized spacial score (nSPS) is 10.3.